The number of likely N-dealkylation sites (N-methyl/N-ethyl adjacent to an activating group) is 1. The third-order valence-electron chi connectivity index (χ3n) is 3.16. The lowest BCUT2D eigenvalue weighted by molar-refractivity contribution is -0.385. The Morgan fingerprint density at radius 2 is 2.28 bits per heavy atom. The van der Waals surface area contributed by atoms with Gasteiger partial charge in [0.1, 0.15) is 6.17 Å². The highest BCUT2D eigenvalue weighted by Gasteiger charge is 2.31. The van der Waals surface area contributed by atoms with E-state index in [1.807, 2.05) is 13.0 Å². The maximum Gasteiger partial charge on any atom is 0.272 e. The summed E-state index contributed by atoms with van der Waals surface area (Å²) in [6.45, 7) is 4.45. The Balaban J connectivity index is 2.37. The zero-order valence-corrected chi connectivity index (χ0v) is 10.3. The van der Waals surface area contributed by atoms with E-state index in [0.717, 1.165) is 5.56 Å². The van der Waals surface area contributed by atoms with Gasteiger partial charge in [0.25, 0.3) is 5.69 Å². The van der Waals surface area contributed by atoms with Crippen molar-refractivity contribution in [2.75, 3.05) is 13.1 Å². The van der Waals surface area contributed by atoms with Gasteiger partial charge < -0.3 is 4.90 Å². The zero-order chi connectivity index (χ0) is 13.3. The van der Waals surface area contributed by atoms with Crippen molar-refractivity contribution in [1.29, 1.82) is 0 Å². The highest BCUT2D eigenvalue weighted by Crippen LogP contribution is 2.27. The Morgan fingerprint density at radius 3 is 2.89 bits per heavy atom. The minimum absolute atomic E-state index is 0.0192. The molecule has 0 radical (unpaired) electrons. The van der Waals surface area contributed by atoms with Crippen LogP contribution in [0.2, 0.25) is 0 Å². The van der Waals surface area contributed by atoms with Gasteiger partial charge in [-0.15, -0.1) is 0 Å². The molecule has 0 aliphatic carbocycles. The van der Waals surface area contributed by atoms with E-state index < -0.39 is 4.92 Å². The van der Waals surface area contributed by atoms with Crippen molar-refractivity contribution in [3.05, 3.63) is 39.4 Å². The number of benzene rings is 1. The van der Waals surface area contributed by atoms with Gasteiger partial charge in [0, 0.05) is 18.2 Å². The van der Waals surface area contributed by atoms with E-state index in [4.69, 9.17) is 0 Å². The predicted octanol–water partition coefficient (Wildman–Crippen LogP) is 1.35. The van der Waals surface area contributed by atoms with Gasteiger partial charge in [0.05, 0.1) is 11.5 Å². The first-order chi connectivity index (χ1) is 8.54. The maximum atomic E-state index is 11.6. The summed E-state index contributed by atoms with van der Waals surface area (Å²) < 4.78 is 0. The van der Waals surface area contributed by atoms with Gasteiger partial charge in [-0.05, 0) is 19.4 Å². The summed E-state index contributed by atoms with van der Waals surface area (Å²) in [5.74, 6) is 0.0192. The second kappa shape index (κ2) is 4.73. The lowest BCUT2D eigenvalue weighted by atomic mass is 10.1. The summed E-state index contributed by atoms with van der Waals surface area (Å²) in [6.07, 6.45) is -0.262. The molecule has 1 heterocycles. The summed E-state index contributed by atoms with van der Waals surface area (Å²) in [6, 6.07) is 5.07. The first-order valence-corrected chi connectivity index (χ1v) is 5.82. The molecule has 0 aromatic heterocycles. The number of amides is 1. The summed E-state index contributed by atoms with van der Waals surface area (Å²) in [7, 11) is 0. The topological polar surface area (TPSA) is 75.5 Å². The molecule has 1 atom stereocenters. The Hall–Kier alpha value is -1.95. The fraction of sp³-hybridized carbons (Fsp3) is 0.417. The number of carbonyl (C=O) groups excluding carboxylic acids is 1. The van der Waals surface area contributed by atoms with Gasteiger partial charge in [-0.25, -0.2) is 0 Å². The number of rotatable bonds is 3. The minimum atomic E-state index is -0.397. The third-order valence-corrected chi connectivity index (χ3v) is 3.16. The normalized spacial score (nSPS) is 19.3. The Labute approximate surface area is 105 Å². The van der Waals surface area contributed by atoms with Crippen molar-refractivity contribution in [2.45, 2.75) is 20.0 Å². The lowest BCUT2D eigenvalue weighted by Gasteiger charge is -2.23. The Kier molecular flexibility index (Phi) is 3.29. The summed E-state index contributed by atoms with van der Waals surface area (Å²) in [5, 5.41) is 14.0. The number of nitrogens with zero attached hydrogens (tertiary/aromatic N) is 2. The molecule has 1 aliphatic rings. The van der Waals surface area contributed by atoms with Crippen molar-refractivity contribution in [3.8, 4) is 0 Å². The molecule has 96 valence electrons. The van der Waals surface area contributed by atoms with Crippen molar-refractivity contribution in [1.82, 2.24) is 10.2 Å². The van der Waals surface area contributed by atoms with Crippen molar-refractivity contribution in [3.63, 3.8) is 0 Å². The van der Waals surface area contributed by atoms with Gasteiger partial charge in [0.15, 0.2) is 0 Å². The molecule has 1 saturated heterocycles. The number of aryl methyl sites for hydroxylation is 1. The van der Waals surface area contributed by atoms with Crippen LogP contribution in [0.25, 0.3) is 0 Å². The molecule has 1 amide bonds. The van der Waals surface area contributed by atoms with E-state index in [1.54, 1.807) is 17.9 Å². The van der Waals surface area contributed by atoms with Crippen LogP contribution in [-0.2, 0) is 4.79 Å². The second-order valence-electron chi connectivity index (χ2n) is 4.27. The van der Waals surface area contributed by atoms with Crippen molar-refractivity contribution < 1.29 is 9.72 Å². The first-order valence-electron chi connectivity index (χ1n) is 5.82. The van der Waals surface area contributed by atoms with Gasteiger partial charge in [0.2, 0.25) is 5.91 Å². The van der Waals surface area contributed by atoms with Crippen LogP contribution < -0.4 is 5.32 Å². The molecule has 0 saturated carbocycles. The highest BCUT2D eigenvalue weighted by atomic mass is 16.6. The van der Waals surface area contributed by atoms with Gasteiger partial charge in [-0.2, -0.15) is 0 Å². The first kappa shape index (κ1) is 12.5. The SMILES string of the molecule is CCN1C(=O)CNC1c1ccc(C)c([N+](=O)[O-])c1. The molecular formula is C12H15N3O3. The van der Waals surface area contributed by atoms with Gasteiger partial charge in [-0.3, -0.25) is 20.2 Å². The number of carbonyl (C=O) groups is 1. The lowest BCUT2D eigenvalue weighted by Crippen LogP contribution is -2.29. The average Bonchev–Trinajstić information content (AvgIpc) is 2.70. The van der Waals surface area contributed by atoms with Crippen LogP contribution in [0.15, 0.2) is 18.2 Å². The molecule has 18 heavy (non-hydrogen) atoms. The number of nitro benzene ring substituents is 1. The van der Waals surface area contributed by atoms with E-state index in [-0.39, 0.29) is 24.3 Å². The van der Waals surface area contributed by atoms with Crippen LogP contribution in [0.3, 0.4) is 0 Å². The van der Waals surface area contributed by atoms with E-state index in [0.29, 0.717) is 12.1 Å². The zero-order valence-electron chi connectivity index (χ0n) is 10.3. The summed E-state index contributed by atoms with van der Waals surface area (Å²) in [4.78, 5) is 23.8. The fourth-order valence-electron chi connectivity index (χ4n) is 2.19. The highest BCUT2D eigenvalue weighted by molar-refractivity contribution is 5.81. The molecular weight excluding hydrogens is 234 g/mol. The number of hydrogen-bond donors (Lipinski definition) is 1. The number of nitro groups is 1. The van der Waals surface area contributed by atoms with Crippen LogP contribution in [0, 0.1) is 17.0 Å². The van der Waals surface area contributed by atoms with Crippen molar-refractivity contribution in [2.24, 2.45) is 0 Å². The minimum Gasteiger partial charge on any atom is -0.322 e. The fourth-order valence-corrected chi connectivity index (χ4v) is 2.19. The quantitative estimate of drug-likeness (QED) is 0.648. The van der Waals surface area contributed by atoms with Crippen LogP contribution in [0.1, 0.15) is 24.2 Å². The Morgan fingerprint density at radius 1 is 1.56 bits per heavy atom. The molecule has 1 unspecified atom stereocenters. The second-order valence-corrected chi connectivity index (χ2v) is 4.27. The van der Waals surface area contributed by atoms with E-state index in [1.165, 1.54) is 6.07 Å². The molecule has 1 N–H and O–H groups in total. The predicted molar refractivity (Wildman–Crippen MR) is 66.0 cm³/mol. The van der Waals surface area contributed by atoms with Crippen LogP contribution in [0.5, 0.6) is 0 Å². The molecule has 2 rings (SSSR count). The maximum absolute atomic E-state index is 11.6. The molecule has 0 spiro atoms. The summed E-state index contributed by atoms with van der Waals surface area (Å²) >= 11 is 0. The monoisotopic (exact) mass is 249 g/mol. The molecule has 0 bridgehead atoms. The van der Waals surface area contributed by atoms with Crippen LogP contribution in [0.4, 0.5) is 5.69 Å². The molecule has 1 aromatic carbocycles. The summed E-state index contributed by atoms with van der Waals surface area (Å²) in [5.41, 5.74) is 1.46. The van der Waals surface area contributed by atoms with E-state index >= 15 is 0 Å². The average molecular weight is 249 g/mol. The molecule has 6 nitrogen and oxygen atoms in total. The molecule has 1 aliphatic heterocycles. The largest absolute Gasteiger partial charge is 0.322 e. The Bertz CT molecular complexity index is 501. The molecule has 1 fully saturated rings. The standard InChI is InChI=1S/C12H15N3O3/c1-3-14-11(16)7-13-12(14)9-5-4-8(2)10(6-9)15(17)18/h4-6,12-13H,3,7H2,1-2H3. The smallest absolute Gasteiger partial charge is 0.272 e. The van der Waals surface area contributed by atoms with E-state index in [9.17, 15) is 14.9 Å². The molecule has 1 aromatic rings. The number of nitrogens with one attached hydrogen (secondary N) is 1. The van der Waals surface area contributed by atoms with Crippen molar-refractivity contribution >= 4 is 11.6 Å². The molecule has 6 heteroatoms. The van der Waals surface area contributed by atoms with Crippen LogP contribution in [-0.4, -0.2) is 28.8 Å². The third kappa shape index (κ3) is 2.06. The number of hydrogen-bond acceptors (Lipinski definition) is 4. The van der Waals surface area contributed by atoms with Crippen LogP contribution >= 0.6 is 0 Å². The van der Waals surface area contributed by atoms with Gasteiger partial charge >= 0.3 is 0 Å². The van der Waals surface area contributed by atoms with Gasteiger partial charge in [-0.1, -0.05) is 12.1 Å². The van der Waals surface area contributed by atoms with E-state index in [2.05, 4.69) is 5.32 Å².